The molecule has 0 radical (unpaired) electrons. The van der Waals surface area contributed by atoms with E-state index in [4.69, 9.17) is 32.7 Å². The Balaban J connectivity index is 2.22. The summed E-state index contributed by atoms with van der Waals surface area (Å²) in [6.07, 6.45) is 0. The topological polar surface area (TPSA) is 18.5 Å². The summed E-state index contributed by atoms with van der Waals surface area (Å²) < 4.78 is 10.7. The Morgan fingerprint density at radius 3 is 2.18 bits per heavy atom. The van der Waals surface area contributed by atoms with E-state index in [-0.39, 0.29) is 0 Å². The van der Waals surface area contributed by atoms with E-state index in [2.05, 4.69) is 0 Å². The van der Waals surface area contributed by atoms with Crippen LogP contribution in [0.5, 0.6) is 17.2 Å². The van der Waals surface area contributed by atoms with Crippen LogP contribution in [-0.4, -0.2) is 7.11 Å². The Kier molecular flexibility index (Phi) is 3.77. The predicted octanol–water partition coefficient (Wildman–Crippen LogP) is 4.79. The maximum Gasteiger partial charge on any atom is 0.147 e. The summed E-state index contributed by atoms with van der Waals surface area (Å²) in [6, 6.07) is 12.3. The summed E-state index contributed by atoms with van der Waals surface area (Å²) in [5, 5.41) is 1.10. The first-order chi connectivity index (χ1) is 8.19. The van der Waals surface area contributed by atoms with Crippen molar-refractivity contribution in [1.82, 2.24) is 0 Å². The monoisotopic (exact) mass is 268 g/mol. The van der Waals surface area contributed by atoms with Crippen molar-refractivity contribution in [2.75, 3.05) is 7.11 Å². The third kappa shape index (κ3) is 3.05. The van der Waals surface area contributed by atoms with Crippen molar-refractivity contribution in [2.45, 2.75) is 0 Å². The molecule has 0 amide bonds. The molecule has 0 atom stereocenters. The molecule has 0 heterocycles. The molecule has 17 heavy (non-hydrogen) atoms. The molecule has 2 aromatic rings. The molecule has 0 aliphatic heterocycles. The van der Waals surface area contributed by atoms with E-state index in [1.165, 1.54) is 0 Å². The number of hydrogen-bond donors (Lipinski definition) is 0. The SMILES string of the molecule is COc1ccc(Oc2cc(Cl)ccc2Cl)cc1. The van der Waals surface area contributed by atoms with Crippen molar-refractivity contribution in [3.63, 3.8) is 0 Å². The second-order valence-corrected chi connectivity index (χ2v) is 4.20. The molecule has 2 rings (SSSR count). The standard InChI is InChI=1S/C13H10Cl2O2/c1-16-10-3-5-11(6-4-10)17-13-8-9(14)2-7-12(13)15/h2-8H,1H3. The number of methoxy groups -OCH3 is 1. The van der Waals surface area contributed by atoms with Crippen LogP contribution in [0.2, 0.25) is 10.0 Å². The number of halogens is 2. The van der Waals surface area contributed by atoms with Crippen molar-refractivity contribution >= 4 is 23.2 Å². The lowest BCUT2D eigenvalue weighted by atomic mass is 10.3. The van der Waals surface area contributed by atoms with Crippen molar-refractivity contribution in [3.05, 3.63) is 52.5 Å². The first-order valence-electron chi connectivity index (χ1n) is 4.96. The highest BCUT2D eigenvalue weighted by molar-refractivity contribution is 6.34. The van der Waals surface area contributed by atoms with Crippen molar-refractivity contribution in [2.24, 2.45) is 0 Å². The Labute approximate surface area is 110 Å². The second kappa shape index (κ2) is 5.30. The third-order valence-corrected chi connectivity index (χ3v) is 2.73. The molecule has 2 nitrogen and oxygen atoms in total. The molecular formula is C13H10Cl2O2. The molecule has 0 saturated heterocycles. The van der Waals surface area contributed by atoms with Crippen LogP contribution in [0.3, 0.4) is 0 Å². The van der Waals surface area contributed by atoms with E-state index in [1.807, 2.05) is 12.1 Å². The summed E-state index contributed by atoms with van der Waals surface area (Å²) in [7, 11) is 1.61. The normalized spacial score (nSPS) is 10.1. The van der Waals surface area contributed by atoms with Gasteiger partial charge in [0.1, 0.15) is 17.2 Å². The Morgan fingerprint density at radius 1 is 0.882 bits per heavy atom. The highest BCUT2D eigenvalue weighted by Crippen LogP contribution is 2.32. The first-order valence-corrected chi connectivity index (χ1v) is 5.71. The van der Waals surface area contributed by atoms with Gasteiger partial charge >= 0.3 is 0 Å². The zero-order chi connectivity index (χ0) is 12.3. The van der Waals surface area contributed by atoms with E-state index in [1.54, 1.807) is 37.4 Å². The van der Waals surface area contributed by atoms with Gasteiger partial charge < -0.3 is 9.47 Å². The van der Waals surface area contributed by atoms with Gasteiger partial charge in [0.05, 0.1) is 12.1 Å². The van der Waals surface area contributed by atoms with Gasteiger partial charge in [-0.15, -0.1) is 0 Å². The van der Waals surface area contributed by atoms with Crippen LogP contribution in [0.4, 0.5) is 0 Å². The maximum atomic E-state index is 6.00. The zero-order valence-electron chi connectivity index (χ0n) is 9.11. The molecule has 0 fully saturated rings. The summed E-state index contributed by atoms with van der Waals surface area (Å²) in [6.45, 7) is 0. The van der Waals surface area contributed by atoms with Gasteiger partial charge in [0.2, 0.25) is 0 Å². The van der Waals surface area contributed by atoms with Crippen LogP contribution in [0.25, 0.3) is 0 Å². The van der Waals surface area contributed by atoms with Gasteiger partial charge in [-0.2, -0.15) is 0 Å². The average Bonchev–Trinajstić information content (AvgIpc) is 2.35. The minimum atomic E-state index is 0.519. The van der Waals surface area contributed by atoms with Crippen molar-refractivity contribution in [1.29, 1.82) is 0 Å². The summed E-state index contributed by atoms with van der Waals surface area (Å²) in [5.41, 5.74) is 0. The lowest BCUT2D eigenvalue weighted by Crippen LogP contribution is -1.86. The predicted molar refractivity (Wildman–Crippen MR) is 69.5 cm³/mol. The molecule has 2 aromatic carbocycles. The van der Waals surface area contributed by atoms with E-state index >= 15 is 0 Å². The smallest absolute Gasteiger partial charge is 0.147 e. The quantitative estimate of drug-likeness (QED) is 0.797. The van der Waals surface area contributed by atoms with Gasteiger partial charge in [-0.3, -0.25) is 0 Å². The fourth-order valence-electron chi connectivity index (χ4n) is 1.33. The number of ether oxygens (including phenoxy) is 2. The van der Waals surface area contributed by atoms with Gasteiger partial charge in [0, 0.05) is 11.1 Å². The summed E-state index contributed by atoms with van der Waals surface area (Å²) in [5.74, 6) is 1.98. The van der Waals surface area contributed by atoms with Crippen molar-refractivity contribution < 1.29 is 9.47 Å². The highest BCUT2D eigenvalue weighted by Gasteiger charge is 2.04. The van der Waals surface area contributed by atoms with Crippen LogP contribution in [0.1, 0.15) is 0 Å². The molecule has 0 bridgehead atoms. The second-order valence-electron chi connectivity index (χ2n) is 3.35. The third-order valence-electron chi connectivity index (χ3n) is 2.18. The average molecular weight is 269 g/mol. The van der Waals surface area contributed by atoms with Gasteiger partial charge in [0.25, 0.3) is 0 Å². The Bertz CT molecular complexity index is 509. The molecule has 0 aliphatic carbocycles. The fraction of sp³-hybridized carbons (Fsp3) is 0.0769. The van der Waals surface area contributed by atoms with Gasteiger partial charge in [0.15, 0.2) is 0 Å². The van der Waals surface area contributed by atoms with Crippen LogP contribution < -0.4 is 9.47 Å². The van der Waals surface area contributed by atoms with E-state index in [9.17, 15) is 0 Å². The Hall–Kier alpha value is -1.38. The maximum absolute atomic E-state index is 6.00. The number of benzene rings is 2. The van der Waals surface area contributed by atoms with Gasteiger partial charge in [-0.1, -0.05) is 23.2 Å². The van der Waals surface area contributed by atoms with Gasteiger partial charge in [-0.05, 0) is 36.4 Å². The van der Waals surface area contributed by atoms with E-state index in [0.29, 0.717) is 21.5 Å². The van der Waals surface area contributed by atoms with Crippen LogP contribution in [0.15, 0.2) is 42.5 Å². The number of hydrogen-bond acceptors (Lipinski definition) is 2. The molecule has 4 heteroatoms. The van der Waals surface area contributed by atoms with Crippen LogP contribution in [0, 0.1) is 0 Å². The van der Waals surface area contributed by atoms with E-state index < -0.39 is 0 Å². The minimum absolute atomic E-state index is 0.519. The molecule has 0 aromatic heterocycles. The molecular weight excluding hydrogens is 259 g/mol. The lowest BCUT2D eigenvalue weighted by Gasteiger charge is -2.08. The van der Waals surface area contributed by atoms with Gasteiger partial charge in [-0.25, -0.2) is 0 Å². The molecule has 0 N–H and O–H groups in total. The molecule has 0 aliphatic rings. The molecule has 0 unspecified atom stereocenters. The minimum Gasteiger partial charge on any atom is -0.497 e. The highest BCUT2D eigenvalue weighted by atomic mass is 35.5. The zero-order valence-corrected chi connectivity index (χ0v) is 10.6. The molecule has 88 valence electrons. The fourth-order valence-corrected chi connectivity index (χ4v) is 1.64. The van der Waals surface area contributed by atoms with E-state index in [0.717, 1.165) is 5.75 Å². The number of rotatable bonds is 3. The Morgan fingerprint density at radius 2 is 1.53 bits per heavy atom. The first kappa shape index (κ1) is 12.1. The largest absolute Gasteiger partial charge is 0.497 e. The lowest BCUT2D eigenvalue weighted by molar-refractivity contribution is 0.413. The molecule has 0 saturated carbocycles. The summed E-state index contributed by atoms with van der Waals surface area (Å²) >= 11 is 11.9. The van der Waals surface area contributed by atoms with Crippen LogP contribution in [-0.2, 0) is 0 Å². The summed E-state index contributed by atoms with van der Waals surface area (Å²) in [4.78, 5) is 0. The van der Waals surface area contributed by atoms with Crippen molar-refractivity contribution in [3.8, 4) is 17.2 Å². The van der Waals surface area contributed by atoms with Crippen LogP contribution >= 0.6 is 23.2 Å². The molecule has 0 spiro atoms.